The maximum absolute atomic E-state index is 12.2. The summed E-state index contributed by atoms with van der Waals surface area (Å²) in [7, 11) is -3.54. The molecule has 2 aromatic carbocycles. The van der Waals surface area contributed by atoms with E-state index in [0.29, 0.717) is 10.7 Å². The molecule has 0 atom stereocenters. The van der Waals surface area contributed by atoms with Crippen LogP contribution in [0.15, 0.2) is 63.9 Å². The molecule has 2 aromatic rings. The third-order valence-corrected chi connectivity index (χ3v) is 5.64. The van der Waals surface area contributed by atoms with Crippen LogP contribution in [0, 0.1) is 0 Å². The van der Waals surface area contributed by atoms with Gasteiger partial charge in [-0.2, -0.15) is 8.42 Å². The van der Waals surface area contributed by atoms with Crippen molar-refractivity contribution in [3.63, 3.8) is 0 Å². The summed E-state index contributed by atoms with van der Waals surface area (Å²) in [4.78, 5) is 4.70. The molecule has 4 rings (SSSR count). The number of hydrogen-bond donors (Lipinski definition) is 0. The molecule has 2 aliphatic rings. The molecule has 6 heteroatoms. The highest BCUT2D eigenvalue weighted by molar-refractivity contribution is 7.90. The van der Waals surface area contributed by atoms with Gasteiger partial charge in [-0.25, -0.2) is 0 Å². The fourth-order valence-corrected chi connectivity index (χ4v) is 4.36. The van der Waals surface area contributed by atoms with Crippen molar-refractivity contribution >= 4 is 21.5 Å². The normalized spacial score (nSPS) is 19.4. The van der Waals surface area contributed by atoms with E-state index < -0.39 is 10.0 Å². The lowest BCUT2D eigenvalue weighted by molar-refractivity contribution is 0.387. The van der Waals surface area contributed by atoms with Crippen LogP contribution < -0.4 is 4.90 Å². The summed E-state index contributed by atoms with van der Waals surface area (Å²) in [6.07, 6.45) is 0. The Morgan fingerprint density at radius 1 is 0.783 bits per heavy atom. The number of nitrogens with zero attached hydrogens (tertiary/aromatic N) is 3. The van der Waals surface area contributed by atoms with Crippen LogP contribution in [0.25, 0.3) is 0 Å². The Balaban J connectivity index is 1.56. The van der Waals surface area contributed by atoms with E-state index >= 15 is 0 Å². The second-order valence-electron chi connectivity index (χ2n) is 5.70. The SMILES string of the molecule is O=S1(=O)N=C(N2CCN(c3ccccc3)CC2)c2ccccc21. The van der Waals surface area contributed by atoms with Gasteiger partial charge >= 0.3 is 0 Å². The van der Waals surface area contributed by atoms with Gasteiger partial charge in [0.25, 0.3) is 10.0 Å². The second-order valence-corrected chi connectivity index (χ2v) is 7.27. The Bertz CT molecular complexity index is 854. The number of hydrogen-bond acceptors (Lipinski definition) is 4. The van der Waals surface area contributed by atoms with Gasteiger partial charge < -0.3 is 9.80 Å². The zero-order valence-electron chi connectivity index (χ0n) is 12.6. The lowest BCUT2D eigenvalue weighted by atomic mass is 10.1. The number of benzene rings is 2. The van der Waals surface area contributed by atoms with E-state index in [1.54, 1.807) is 12.1 Å². The number of fused-ring (bicyclic) bond motifs is 1. The van der Waals surface area contributed by atoms with Gasteiger partial charge in [-0.1, -0.05) is 30.3 Å². The fourth-order valence-electron chi connectivity index (χ4n) is 3.13. The summed E-state index contributed by atoms with van der Waals surface area (Å²) in [5.74, 6) is 0.591. The van der Waals surface area contributed by atoms with Crippen molar-refractivity contribution < 1.29 is 8.42 Å². The van der Waals surface area contributed by atoms with Crippen LogP contribution in [0.2, 0.25) is 0 Å². The Kier molecular flexibility index (Phi) is 3.34. The molecule has 0 saturated carbocycles. The number of para-hydroxylation sites is 1. The van der Waals surface area contributed by atoms with Crippen LogP contribution >= 0.6 is 0 Å². The van der Waals surface area contributed by atoms with Crippen molar-refractivity contribution in [2.75, 3.05) is 31.1 Å². The zero-order valence-corrected chi connectivity index (χ0v) is 13.4. The highest BCUT2D eigenvalue weighted by Gasteiger charge is 2.32. The summed E-state index contributed by atoms with van der Waals surface area (Å²) in [5, 5.41) is 0. The van der Waals surface area contributed by atoms with Gasteiger partial charge in [-0.3, -0.25) is 0 Å². The summed E-state index contributed by atoms with van der Waals surface area (Å²) in [6.45, 7) is 3.23. The summed E-state index contributed by atoms with van der Waals surface area (Å²) >= 11 is 0. The van der Waals surface area contributed by atoms with Crippen molar-refractivity contribution in [2.45, 2.75) is 4.90 Å². The molecule has 2 heterocycles. The second kappa shape index (κ2) is 5.38. The lowest BCUT2D eigenvalue weighted by Crippen LogP contribution is -2.48. The monoisotopic (exact) mass is 327 g/mol. The van der Waals surface area contributed by atoms with Crippen LogP contribution in [0.3, 0.4) is 0 Å². The molecule has 1 fully saturated rings. The van der Waals surface area contributed by atoms with E-state index in [2.05, 4.69) is 26.3 Å². The third-order valence-electron chi connectivity index (χ3n) is 4.31. The molecule has 1 saturated heterocycles. The van der Waals surface area contributed by atoms with Gasteiger partial charge in [0.05, 0.1) is 0 Å². The van der Waals surface area contributed by atoms with Gasteiger partial charge in [-0.15, -0.1) is 4.40 Å². The Hall–Kier alpha value is -2.34. The van der Waals surface area contributed by atoms with Crippen LogP contribution in [0.1, 0.15) is 5.56 Å². The zero-order chi connectivity index (χ0) is 15.9. The first-order valence-corrected chi connectivity index (χ1v) is 9.08. The average Bonchev–Trinajstić information content (AvgIpc) is 2.88. The first kappa shape index (κ1) is 14.3. The molecular weight excluding hydrogens is 310 g/mol. The molecule has 0 unspecified atom stereocenters. The summed E-state index contributed by atoms with van der Waals surface area (Å²) in [6, 6.07) is 17.3. The average molecular weight is 327 g/mol. The van der Waals surface area contributed by atoms with Gasteiger partial charge in [0.15, 0.2) is 5.84 Å². The van der Waals surface area contributed by atoms with Crippen molar-refractivity contribution in [3.8, 4) is 0 Å². The van der Waals surface area contributed by atoms with Gasteiger partial charge in [0, 0.05) is 37.4 Å². The molecule has 2 aliphatic heterocycles. The van der Waals surface area contributed by atoms with E-state index in [1.807, 2.05) is 30.3 Å². The topological polar surface area (TPSA) is 53.0 Å². The number of piperazine rings is 1. The fraction of sp³-hybridized carbons (Fsp3) is 0.235. The number of rotatable bonds is 1. The van der Waals surface area contributed by atoms with Gasteiger partial charge in [0.2, 0.25) is 0 Å². The Morgan fingerprint density at radius 2 is 1.39 bits per heavy atom. The molecule has 0 N–H and O–H groups in total. The molecule has 0 amide bonds. The Morgan fingerprint density at radius 3 is 2.13 bits per heavy atom. The van der Waals surface area contributed by atoms with Crippen LogP contribution in [0.5, 0.6) is 0 Å². The van der Waals surface area contributed by atoms with Gasteiger partial charge in [-0.05, 0) is 24.3 Å². The van der Waals surface area contributed by atoms with E-state index in [-0.39, 0.29) is 0 Å². The number of amidine groups is 1. The molecule has 0 aliphatic carbocycles. The van der Waals surface area contributed by atoms with Crippen molar-refractivity contribution in [1.29, 1.82) is 0 Å². The first-order valence-electron chi connectivity index (χ1n) is 7.64. The number of sulfonamides is 1. The van der Waals surface area contributed by atoms with E-state index in [9.17, 15) is 8.42 Å². The van der Waals surface area contributed by atoms with Crippen molar-refractivity contribution in [2.24, 2.45) is 4.40 Å². The highest BCUT2D eigenvalue weighted by atomic mass is 32.2. The maximum Gasteiger partial charge on any atom is 0.285 e. The first-order chi connectivity index (χ1) is 11.1. The third kappa shape index (κ3) is 2.49. The minimum absolute atomic E-state index is 0.320. The van der Waals surface area contributed by atoms with Crippen molar-refractivity contribution in [3.05, 3.63) is 60.2 Å². The van der Waals surface area contributed by atoms with Crippen LogP contribution in [-0.2, 0) is 10.0 Å². The molecule has 118 valence electrons. The van der Waals surface area contributed by atoms with Crippen molar-refractivity contribution in [1.82, 2.24) is 4.90 Å². The molecular formula is C17H17N3O2S. The van der Waals surface area contributed by atoms with E-state index in [4.69, 9.17) is 0 Å². The predicted molar refractivity (Wildman–Crippen MR) is 90.4 cm³/mol. The minimum Gasteiger partial charge on any atom is -0.368 e. The van der Waals surface area contributed by atoms with E-state index in [1.165, 1.54) is 5.69 Å². The standard InChI is InChI=1S/C17H17N3O2S/c21-23(22)16-9-5-4-8-15(16)17(18-23)20-12-10-19(11-13-20)14-6-2-1-3-7-14/h1-9H,10-13H2. The maximum atomic E-state index is 12.2. The summed E-state index contributed by atoms with van der Waals surface area (Å²) < 4.78 is 28.3. The highest BCUT2D eigenvalue weighted by Crippen LogP contribution is 2.28. The molecule has 5 nitrogen and oxygen atoms in total. The largest absolute Gasteiger partial charge is 0.368 e. The minimum atomic E-state index is -3.54. The molecule has 23 heavy (non-hydrogen) atoms. The van der Waals surface area contributed by atoms with Crippen LogP contribution in [-0.4, -0.2) is 45.3 Å². The molecule has 0 spiro atoms. The van der Waals surface area contributed by atoms with E-state index in [0.717, 1.165) is 31.7 Å². The molecule has 0 aromatic heterocycles. The van der Waals surface area contributed by atoms with Gasteiger partial charge in [0.1, 0.15) is 4.90 Å². The molecule has 0 bridgehead atoms. The Labute approximate surface area is 135 Å². The quantitative estimate of drug-likeness (QED) is 0.803. The number of anilines is 1. The lowest BCUT2D eigenvalue weighted by Gasteiger charge is -2.37. The molecule has 0 radical (unpaired) electrons. The summed E-state index contributed by atoms with van der Waals surface area (Å²) in [5.41, 5.74) is 1.93. The smallest absolute Gasteiger partial charge is 0.285 e. The van der Waals surface area contributed by atoms with Crippen LogP contribution in [0.4, 0.5) is 5.69 Å². The predicted octanol–water partition coefficient (Wildman–Crippen LogP) is 1.96.